The molecule has 0 amide bonds. The number of fused-ring (bicyclic) bond motifs is 1. The van der Waals surface area contributed by atoms with E-state index in [1.165, 1.54) is 0 Å². The standard InChI is InChI=1S/C12H14F2N4O2S/c13-10(14)12-17-9-5-2-1-4-8(9)11(18-12)16-6-3-7-21(15,19)20/h1-2,4-5,10H,3,6-7H2,(H2,15,19,20)(H,16,17,18). The number of nitrogens with two attached hydrogens (primary N) is 1. The molecule has 0 spiro atoms. The first-order valence-electron chi connectivity index (χ1n) is 6.16. The van der Waals surface area contributed by atoms with Crippen molar-refractivity contribution >= 4 is 26.7 Å². The molecule has 1 aromatic carbocycles. The van der Waals surface area contributed by atoms with Crippen LogP contribution in [0.5, 0.6) is 0 Å². The number of nitrogens with zero attached hydrogens (tertiary/aromatic N) is 2. The molecule has 0 aliphatic rings. The van der Waals surface area contributed by atoms with Crippen LogP contribution < -0.4 is 10.5 Å². The molecule has 3 N–H and O–H groups in total. The van der Waals surface area contributed by atoms with Crippen LogP contribution in [0.4, 0.5) is 14.6 Å². The van der Waals surface area contributed by atoms with Gasteiger partial charge in [-0.3, -0.25) is 0 Å². The summed E-state index contributed by atoms with van der Waals surface area (Å²) in [6, 6.07) is 6.74. The molecule has 0 aliphatic heterocycles. The van der Waals surface area contributed by atoms with Crippen LogP contribution in [0.15, 0.2) is 24.3 Å². The second-order valence-corrected chi connectivity index (χ2v) is 6.13. The van der Waals surface area contributed by atoms with Gasteiger partial charge in [0, 0.05) is 11.9 Å². The Morgan fingerprint density at radius 2 is 1.95 bits per heavy atom. The molecule has 0 fully saturated rings. The third-order valence-electron chi connectivity index (χ3n) is 2.71. The molecule has 2 rings (SSSR count). The number of primary sulfonamides is 1. The van der Waals surface area contributed by atoms with Gasteiger partial charge in [0.1, 0.15) is 5.82 Å². The van der Waals surface area contributed by atoms with E-state index in [2.05, 4.69) is 15.3 Å². The maximum Gasteiger partial charge on any atom is 0.297 e. The van der Waals surface area contributed by atoms with Gasteiger partial charge in [-0.05, 0) is 18.6 Å². The smallest absolute Gasteiger partial charge is 0.297 e. The molecule has 6 nitrogen and oxygen atoms in total. The Hall–Kier alpha value is -1.87. The number of alkyl halides is 2. The SMILES string of the molecule is NS(=O)(=O)CCCNc1nc(C(F)F)nc2ccccc12. The minimum absolute atomic E-state index is 0.190. The van der Waals surface area contributed by atoms with Crippen LogP contribution in [0.2, 0.25) is 0 Å². The largest absolute Gasteiger partial charge is 0.369 e. The molecular formula is C12H14F2N4O2S. The van der Waals surface area contributed by atoms with Crippen LogP contribution in [0, 0.1) is 0 Å². The van der Waals surface area contributed by atoms with Crippen LogP contribution in [0.3, 0.4) is 0 Å². The molecule has 0 saturated carbocycles. The zero-order valence-electron chi connectivity index (χ0n) is 11.0. The van der Waals surface area contributed by atoms with E-state index in [0.29, 0.717) is 10.9 Å². The molecule has 0 aliphatic carbocycles. The molecule has 0 radical (unpaired) electrons. The molecule has 0 atom stereocenters. The molecule has 0 saturated heterocycles. The Morgan fingerprint density at radius 3 is 2.62 bits per heavy atom. The van der Waals surface area contributed by atoms with E-state index in [1.807, 2.05) is 0 Å². The lowest BCUT2D eigenvalue weighted by atomic mass is 10.2. The third kappa shape index (κ3) is 4.30. The Morgan fingerprint density at radius 1 is 1.24 bits per heavy atom. The van der Waals surface area contributed by atoms with E-state index in [0.717, 1.165) is 0 Å². The lowest BCUT2D eigenvalue weighted by Gasteiger charge is -2.10. The summed E-state index contributed by atoms with van der Waals surface area (Å²) in [5.74, 6) is -0.502. The maximum absolute atomic E-state index is 12.8. The van der Waals surface area contributed by atoms with E-state index >= 15 is 0 Å². The summed E-state index contributed by atoms with van der Waals surface area (Å²) in [5, 5.41) is 8.33. The number of halogens is 2. The normalized spacial score (nSPS) is 12.0. The van der Waals surface area contributed by atoms with Gasteiger partial charge in [-0.25, -0.2) is 32.3 Å². The fourth-order valence-corrected chi connectivity index (χ4v) is 2.35. The van der Waals surface area contributed by atoms with Gasteiger partial charge < -0.3 is 5.32 Å². The number of rotatable bonds is 6. The second kappa shape index (κ2) is 6.27. The van der Waals surface area contributed by atoms with Crippen LogP contribution in [0.1, 0.15) is 18.7 Å². The number of hydrogen-bond donors (Lipinski definition) is 2. The van der Waals surface area contributed by atoms with E-state index < -0.39 is 22.3 Å². The highest BCUT2D eigenvalue weighted by Gasteiger charge is 2.14. The minimum atomic E-state index is -3.54. The Bertz CT molecular complexity index is 737. The Balaban J connectivity index is 2.21. The van der Waals surface area contributed by atoms with Crippen molar-refractivity contribution in [1.29, 1.82) is 0 Å². The number of nitrogens with one attached hydrogen (secondary N) is 1. The molecule has 2 aromatic rings. The van der Waals surface area contributed by atoms with E-state index in [9.17, 15) is 17.2 Å². The first-order chi connectivity index (χ1) is 9.87. The predicted octanol–water partition coefficient (Wildman–Crippen LogP) is 1.66. The topological polar surface area (TPSA) is 98.0 Å². The molecule has 1 aromatic heterocycles. The molecule has 1 heterocycles. The van der Waals surface area contributed by atoms with Gasteiger partial charge in [0.05, 0.1) is 11.3 Å². The number of anilines is 1. The van der Waals surface area contributed by atoms with Crippen molar-refractivity contribution in [1.82, 2.24) is 9.97 Å². The van der Waals surface area contributed by atoms with Crippen molar-refractivity contribution in [3.05, 3.63) is 30.1 Å². The van der Waals surface area contributed by atoms with Crippen molar-refractivity contribution in [2.24, 2.45) is 5.14 Å². The van der Waals surface area contributed by atoms with Gasteiger partial charge in [-0.15, -0.1) is 0 Å². The third-order valence-corrected chi connectivity index (χ3v) is 3.57. The summed E-state index contributed by atoms with van der Waals surface area (Å²) < 4.78 is 47.2. The average molecular weight is 316 g/mol. The van der Waals surface area contributed by atoms with Crippen LogP contribution in [-0.4, -0.2) is 30.7 Å². The van der Waals surface area contributed by atoms with E-state index in [4.69, 9.17) is 5.14 Å². The van der Waals surface area contributed by atoms with Gasteiger partial charge in [-0.2, -0.15) is 0 Å². The summed E-state index contributed by atoms with van der Waals surface area (Å²) in [6.45, 7) is 0.250. The first-order valence-corrected chi connectivity index (χ1v) is 7.87. The highest BCUT2D eigenvalue weighted by atomic mass is 32.2. The van der Waals surface area contributed by atoms with Gasteiger partial charge in [0.2, 0.25) is 10.0 Å². The zero-order valence-corrected chi connectivity index (χ0v) is 11.8. The molecule has 21 heavy (non-hydrogen) atoms. The quantitative estimate of drug-likeness (QED) is 0.790. The van der Waals surface area contributed by atoms with Crippen molar-refractivity contribution < 1.29 is 17.2 Å². The Labute approximate surface area is 120 Å². The number of sulfonamides is 1. The number of hydrogen-bond acceptors (Lipinski definition) is 5. The lowest BCUT2D eigenvalue weighted by molar-refractivity contribution is 0.141. The number of aromatic nitrogens is 2. The van der Waals surface area contributed by atoms with Crippen LogP contribution >= 0.6 is 0 Å². The minimum Gasteiger partial charge on any atom is -0.369 e. The lowest BCUT2D eigenvalue weighted by Crippen LogP contribution is -2.19. The monoisotopic (exact) mass is 316 g/mol. The molecular weight excluding hydrogens is 302 g/mol. The first kappa shape index (κ1) is 15.5. The average Bonchev–Trinajstić information content (AvgIpc) is 2.42. The van der Waals surface area contributed by atoms with Gasteiger partial charge >= 0.3 is 0 Å². The zero-order chi connectivity index (χ0) is 15.5. The fraction of sp³-hybridized carbons (Fsp3) is 0.333. The summed E-state index contributed by atoms with van der Waals surface area (Å²) in [4.78, 5) is 7.57. The van der Waals surface area contributed by atoms with Crippen LogP contribution in [0.25, 0.3) is 10.9 Å². The van der Waals surface area contributed by atoms with Crippen molar-refractivity contribution in [2.75, 3.05) is 17.6 Å². The molecule has 9 heteroatoms. The highest BCUT2D eigenvalue weighted by Crippen LogP contribution is 2.24. The second-order valence-electron chi connectivity index (χ2n) is 4.40. The van der Waals surface area contributed by atoms with E-state index in [1.54, 1.807) is 24.3 Å². The summed E-state index contributed by atoms with van der Waals surface area (Å²) >= 11 is 0. The summed E-state index contributed by atoms with van der Waals surface area (Å²) in [7, 11) is -3.54. The van der Waals surface area contributed by atoms with Gasteiger partial charge in [0.25, 0.3) is 6.43 Å². The fourth-order valence-electron chi connectivity index (χ4n) is 1.81. The summed E-state index contributed by atoms with van der Waals surface area (Å²) in [6.07, 6.45) is -2.53. The Kier molecular flexibility index (Phi) is 4.63. The van der Waals surface area contributed by atoms with Crippen molar-refractivity contribution in [2.45, 2.75) is 12.8 Å². The van der Waals surface area contributed by atoms with E-state index in [-0.39, 0.29) is 24.5 Å². The molecule has 114 valence electrons. The maximum atomic E-state index is 12.8. The molecule has 0 unspecified atom stereocenters. The van der Waals surface area contributed by atoms with Crippen molar-refractivity contribution in [3.8, 4) is 0 Å². The van der Waals surface area contributed by atoms with Crippen LogP contribution in [-0.2, 0) is 10.0 Å². The highest BCUT2D eigenvalue weighted by molar-refractivity contribution is 7.89. The van der Waals surface area contributed by atoms with Crippen molar-refractivity contribution in [3.63, 3.8) is 0 Å². The van der Waals surface area contributed by atoms with Gasteiger partial charge in [-0.1, -0.05) is 12.1 Å². The molecule has 0 bridgehead atoms. The number of para-hydroxylation sites is 1. The summed E-state index contributed by atoms with van der Waals surface area (Å²) in [5.41, 5.74) is 0.400. The number of benzene rings is 1. The van der Waals surface area contributed by atoms with Gasteiger partial charge in [0.15, 0.2) is 5.82 Å². The predicted molar refractivity (Wildman–Crippen MR) is 75.6 cm³/mol.